The number of aromatic nitrogens is 1. The number of amides is 1. The largest absolute Gasteiger partial charge is 0.467 e. The van der Waals surface area contributed by atoms with Crippen LogP contribution in [0.3, 0.4) is 0 Å². The van der Waals surface area contributed by atoms with Crippen LogP contribution in [0.4, 0.5) is 5.69 Å². The van der Waals surface area contributed by atoms with Crippen molar-refractivity contribution in [3.05, 3.63) is 23.5 Å². The number of hydrogen-bond donors (Lipinski definition) is 1. The van der Waals surface area contributed by atoms with Crippen molar-refractivity contribution in [1.82, 2.24) is 9.88 Å². The van der Waals surface area contributed by atoms with Crippen molar-refractivity contribution in [3.63, 3.8) is 0 Å². The van der Waals surface area contributed by atoms with Crippen molar-refractivity contribution in [2.24, 2.45) is 0 Å². The molecule has 20 heavy (non-hydrogen) atoms. The highest BCUT2D eigenvalue weighted by Gasteiger charge is 2.34. The highest BCUT2D eigenvalue weighted by atomic mass is 16.5. The highest BCUT2D eigenvalue weighted by Crippen LogP contribution is 2.17. The maximum Gasteiger partial charge on any atom is 0.331 e. The minimum absolute atomic E-state index is 0.132. The molecule has 0 aliphatic carbocycles. The molecule has 1 fully saturated rings. The quantitative estimate of drug-likeness (QED) is 0.765. The third-order valence-electron chi connectivity index (χ3n) is 3.20. The summed E-state index contributed by atoms with van der Waals surface area (Å²) in [7, 11) is 1.28. The lowest BCUT2D eigenvalue weighted by molar-refractivity contribution is -0.151. The standard InChI is InChI=1S/C13H17N3O4/c1-8-10(5-9(14)6-15-8)12(17)16-3-4-20-7-11(16)13(18)19-2/h5-6,11H,3-4,7,14H2,1-2H3. The van der Waals surface area contributed by atoms with E-state index in [9.17, 15) is 9.59 Å². The Hall–Kier alpha value is -2.15. The molecule has 1 saturated heterocycles. The Morgan fingerprint density at radius 2 is 2.30 bits per heavy atom. The van der Waals surface area contributed by atoms with E-state index >= 15 is 0 Å². The van der Waals surface area contributed by atoms with Gasteiger partial charge in [-0.3, -0.25) is 9.78 Å². The predicted octanol–water partition coefficient (Wildman–Crippen LogP) is -0.0138. The number of esters is 1. The monoisotopic (exact) mass is 279 g/mol. The van der Waals surface area contributed by atoms with Crippen molar-refractivity contribution in [1.29, 1.82) is 0 Å². The predicted molar refractivity (Wildman–Crippen MR) is 71.0 cm³/mol. The molecule has 1 amide bonds. The molecule has 1 atom stereocenters. The summed E-state index contributed by atoms with van der Waals surface area (Å²) in [6.45, 7) is 2.56. The van der Waals surface area contributed by atoms with E-state index in [0.29, 0.717) is 30.1 Å². The average Bonchev–Trinajstić information content (AvgIpc) is 2.48. The second kappa shape index (κ2) is 5.87. The number of methoxy groups -OCH3 is 1. The van der Waals surface area contributed by atoms with Crippen LogP contribution in [0.2, 0.25) is 0 Å². The van der Waals surface area contributed by atoms with E-state index in [1.807, 2.05) is 0 Å². The molecule has 0 bridgehead atoms. The minimum atomic E-state index is -0.734. The van der Waals surface area contributed by atoms with Crippen LogP contribution in [0.15, 0.2) is 12.3 Å². The van der Waals surface area contributed by atoms with Crippen LogP contribution >= 0.6 is 0 Å². The Labute approximate surface area is 116 Å². The lowest BCUT2D eigenvalue weighted by Crippen LogP contribution is -2.53. The Bertz CT molecular complexity index is 532. The lowest BCUT2D eigenvalue weighted by Gasteiger charge is -2.33. The molecule has 1 aliphatic heterocycles. The summed E-state index contributed by atoms with van der Waals surface area (Å²) < 4.78 is 9.95. The van der Waals surface area contributed by atoms with E-state index in [0.717, 1.165) is 0 Å². The number of ether oxygens (including phenoxy) is 2. The molecule has 1 aromatic rings. The van der Waals surface area contributed by atoms with Gasteiger partial charge in [-0.15, -0.1) is 0 Å². The van der Waals surface area contributed by atoms with Crippen molar-refractivity contribution in [3.8, 4) is 0 Å². The van der Waals surface area contributed by atoms with E-state index in [2.05, 4.69) is 4.98 Å². The SMILES string of the molecule is COC(=O)C1COCCN1C(=O)c1cc(N)cnc1C. The van der Waals surface area contributed by atoms with E-state index in [-0.39, 0.29) is 12.5 Å². The molecule has 7 nitrogen and oxygen atoms in total. The number of nitrogens with zero attached hydrogens (tertiary/aromatic N) is 2. The summed E-state index contributed by atoms with van der Waals surface area (Å²) in [5, 5.41) is 0. The molecule has 1 aliphatic rings. The van der Waals surface area contributed by atoms with Gasteiger partial charge in [0, 0.05) is 6.54 Å². The van der Waals surface area contributed by atoms with Gasteiger partial charge in [0.25, 0.3) is 5.91 Å². The second-order valence-electron chi connectivity index (χ2n) is 4.51. The summed E-state index contributed by atoms with van der Waals surface area (Å²) in [6, 6.07) is 0.830. The number of aryl methyl sites for hydroxylation is 1. The van der Waals surface area contributed by atoms with Crippen molar-refractivity contribution < 1.29 is 19.1 Å². The normalized spacial score (nSPS) is 18.7. The average molecular weight is 279 g/mol. The lowest BCUT2D eigenvalue weighted by atomic mass is 10.1. The van der Waals surface area contributed by atoms with Crippen LogP contribution in [0.25, 0.3) is 0 Å². The number of nitrogen functional groups attached to an aromatic ring is 1. The molecule has 0 radical (unpaired) electrons. The first-order valence-corrected chi connectivity index (χ1v) is 6.23. The molecule has 0 saturated carbocycles. The molecule has 108 valence electrons. The molecule has 0 aromatic carbocycles. The van der Waals surface area contributed by atoms with Gasteiger partial charge in [0.1, 0.15) is 0 Å². The topological polar surface area (TPSA) is 94.8 Å². The zero-order valence-corrected chi connectivity index (χ0v) is 11.5. The van der Waals surface area contributed by atoms with E-state index < -0.39 is 12.0 Å². The molecule has 2 rings (SSSR count). The third-order valence-corrected chi connectivity index (χ3v) is 3.20. The van der Waals surface area contributed by atoms with Crippen LogP contribution in [0.5, 0.6) is 0 Å². The fourth-order valence-corrected chi connectivity index (χ4v) is 2.10. The van der Waals surface area contributed by atoms with E-state index in [4.69, 9.17) is 15.2 Å². The van der Waals surface area contributed by atoms with Crippen molar-refractivity contribution in [2.45, 2.75) is 13.0 Å². The Kier molecular flexibility index (Phi) is 4.19. The maximum absolute atomic E-state index is 12.6. The molecule has 2 N–H and O–H groups in total. The molecule has 0 spiro atoms. The van der Waals surface area contributed by atoms with E-state index in [1.54, 1.807) is 13.0 Å². The van der Waals surface area contributed by atoms with E-state index in [1.165, 1.54) is 18.2 Å². The zero-order valence-electron chi connectivity index (χ0n) is 11.5. The number of carbonyl (C=O) groups is 2. The van der Waals surface area contributed by atoms with Gasteiger partial charge in [0.2, 0.25) is 0 Å². The van der Waals surface area contributed by atoms with Crippen LogP contribution in [0.1, 0.15) is 16.1 Å². The summed E-state index contributed by atoms with van der Waals surface area (Å²) in [4.78, 5) is 29.8. The second-order valence-corrected chi connectivity index (χ2v) is 4.51. The number of anilines is 1. The fourth-order valence-electron chi connectivity index (χ4n) is 2.10. The number of hydrogen-bond acceptors (Lipinski definition) is 6. The van der Waals surface area contributed by atoms with Crippen molar-refractivity contribution in [2.75, 3.05) is 32.6 Å². The first-order chi connectivity index (χ1) is 9.54. The van der Waals surface area contributed by atoms with Gasteiger partial charge in [-0.2, -0.15) is 0 Å². The van der Waals surface area contributed by atoms with Gasteiger partial charge < -0.3 is 20.1 Å². The van der Waals surface area contributed by atoms with Crippen LogP contribution in [0, 0.1) is 6.92 Å². The van der Waals surface area contributed by atoms with Crippen molar-refractivity contribution >= 4 is 17.6 Å². The summed E-state index contributed by atoms with van der Waals surface area (Å²) in [5.41, 5.74) is 7.03. The molecule has 1 unspecified atom stereocenters. The fraction of sp³-hybridized carbons (Fsp3) is 0.462. The third kappa shape index (κ3) is 2.72. The number of rotatable bonds is 2. The summed E-state index contributed by atoms with van der Waals surface area (Å²) >= 11 is 0. The number of nitrogens with two attached hydrogens (primary N) is 1. The Balaban J connectivity index is 2.30. The Morgan fingerprint density at radius 1 is 1.55 bits per heavy atom. The minimum Gasteiger partial charge on any atom is -0.467 e. The Morgan fingerprint density at radius 3 is 3.00 bits per heavy atom. The molecule has 7 heteroatoms. The van der Waals surface area contributed by atoms with Gasteiger partial charge in [-0.25, -0.2) is 4.79 Å². The first kappa shape index (κ1) is 14.3. The van der Waals surface area contributed by atoms with Gasteiger partial charge in [-0.05, 0) is 13.0 Å². The number of pyridine rings is 1. The van der Waals surface area contributed by atoms with Gasteiger partial charge in [0.05, 0.1) is 43.5 Å². The zero-order chi connectivity index (χ0) is 14.7. The molecule has 2 heterocycles. The molecule has 1 aromatic heterocycles. The smallest absolute Gasteiger partial charge is 0.331 e. The van der Waals surface area contributed by atoms with Gasteiger partial charge in [0.15, 0.2) is 6.04 Å². The summed E-state index contributed by atoms with van der Waals surface area (Å²) in [6.07, 6.45) is 1.49. The maximum atomic E-state index is 12.6. The molecular weight excluding hydrogens is 262 g/mol. The number of morpholine rings is 1. The highest BCUT2D eigenvalue weighted by molar-refractivity contribution is 5.98. The van der Waals surface area contributed by atoms with Crippen LogP contribution in [-0.4, -0.2) is 54.7 Å². The van der Waals surface area contributed by atoms with Crippen LogP contribution in [-0.2, 0) is 14.3 Å². The summed E-state index contributed by atoms with van der Waals surface area (Å²) in [5.74, 6) is -0.784. The number of carbonyl (C=O) groups excluding carboxylic acids is 2. The van der Waals surface area contributed by atoms with Gasteiger partial charge in [-0.1, -0.05) is 0 Å². The van der Waals surface area contributed by atoms with Gasteiger partial charge >= 0.3 is 5.97 Å². The van der Waals surface area contributed by atoms with Crippen LogP contribution < -0.4 is 5.73 Å². The first-order valence-electron chi connectivity index (χ1n) is 6.23. The molecular formula is C13H17N3O4.